The molecule has 1 saturated carbocycles. The van der Waals surface area contributed by atoms with Crippen molar-refractivity contribution < 1.29 is 18.4 Å². The van der Waals surface area contributed by atoms with Crippen molar-refractivity contribution in [3.05, 3.63) is 36.0 Å². The van der Waals surface area contributed by atoms with Crippen LogP contribution in [0.2, 0.25) is 0 Å². The highest BCUT2D eigenvalue weighted by Crippen LogP contribution is 2.38. The summed E-state index contributed by atoms with van der Waals surface area (Å²) in [5.41, 5.74) is 1.72. The van der Waals surface area contributed by atoms with Crippen LogP contribution < -0.4 is 10.8 Å². The molecular formula is C18H19F3N6O. The summed E-state index contributed by atoms with van der Waals surface area (Å²) in [6.07, 6.45) is 0.237. The number of H-pyrrole nitrogens is 1. The van der Waals surface area contributed by atoms with Crippen LogP contribution in [-0.4, -0.2) is 37.5 Å². The highest BCUT2D eigenvalue weighted by Gasteiger charge is 2.36. The second-order valence-corrected chi connectivity index (χ2v) is 6.90. The molecule has 0 saturated heterocycles. The molecule has 3 aromatic rings. The van der Waals surface area contributed by atoms with Gasteiger partial charge in [-0.2, -0.15) is 18.3 Å². The van der Waals surface area contributed by atoms with Gasteiger partial charge in [-0.25, -0.2) is 15.4 Å². The lowest BCUT2D eigenvalue weighted by molar-refractivity contribution is -0.137. The summed E-state index contributed by atoms with van der Waals surface area (Å²) < 4.78 is 40.7. The normalized spacial score (nSPS) is 20.4. The van der Waals surface area contributed by atoms with Crippen molar-refractivity contribution in [2.75, 3.05) is 5.32 Å². The van der Waals surface area contributed by atoms with Crippen LogP contribution >= 0.6 is 0 Å². The van der Waals surface area contributed by atoms with Crippen LogP contribution in [0.4, 0.5) is 19.0 Å². The number of rotatable bonds is 4. The molecule has 28 heavy (non-hydrogen) atoms. The van der Waals surface area contributed by atoms with Crippen molar-refractivity contribution in [1.29, 1.82) is 0 Å². The van der Waals surface area contributed by atoms with E-state index in [1.165, 1.54) is 12.3 Å². The van der Waals surface area contributed by atoms with Crippen LogP contribution in [0.5, 0.6) is 0 Å². The molecule has 0 aromatic carbocycles. The molecule has 1 aliphatic rings. The van der Waals surface area contributed by atoms with E-state index in [4.69, 9.17) is 5.21 Å². The quantitative estimate of drug-likeness (QED) is 0.505. The van der Waals surface area contributed by atoms with Crippen molar-refractivity contribution in [3.63, 3.8) is 0 Å². The van der Waals surface area contributed by atoms with Crippen molar-refractivity contribution in [3.8, 4) is 11.4 Å². The highest BCUT2D eigenvalue weighted by molar-refractivity contribution is 5.90. The Balaban J connectivity index is 1.72. The number of hydrogen-bond acceptors (Lipinski definition) is 6. The smallest absolute Gasteiger partial charge is 0.367 e. The SMILES string of the molecule is ONC1CCCC(Nc2ccc(C(F)(F)F)c(-c3[nH]nc4ncccc34)n2)C1. The van der Waals surface area contributed by atoms with Crippen LogP contribution in [0, 0.1) is 0 Å². The zero-order valence-electron chi connectivity index (χ0n) is 14.8. The van der Waals surface area contributed by atoms with E-state index in [1.807, 2.05) is 0 Å². The Morgan fingerprint density at radius 2 is 1.96 bits per heavy atom. The van der Waals surface area contributed by atoms with Gasteiger partial charge in [0.1, 0.15) is 11.5 Å². The number of halogens is 3. The molecule has 4 N–H and O–H groups in total. The van der Waals surface area contributed by atoms with Gasteiger partial charge in [-0.15, -0.1) is 0 Å². The predicted octanol–water partition coefficient (Wildman–Crippen LogP) is 3.74. The van der Waals surface area contributed by atoms with Crippen molar-refractivity contribution >= 4 is 16.9 Å². The standard InChI is InChI=1S/C18H19F3N6O/c19-18(20,21)13-6-7-14(23-10-3-1-4-11(9-10)27-28)24-16(13)15-12-5-2-8-22-17(12)26-25-15/h2,5-8,10-11,27-28H,1,3-4,9H2,(H,23,24)(H,22,25,26). The Kier molecular flexibility index (Phi) is 4.90. The highest BCUT2D eigenvalue weighted by atomic mass is 19.4. The fourth-order valence-electron chi connectivity index (χ4n) is 3.64. The van der Waals surface area contributed by atoms with Crippen molar-refractivity contribution in [1.82, 2.24) is 25.6 Å². The number of aromatic nitrogens is 4. The summed E-state index contributed by atoms with van der Waals surface area (Å²) in [4.78, 5) is 8.32. The molecule has 4 rings (SSSR count). The van der Waals surface area contributed by atoms with Gasteiger partial charge in [0.15, 0.2) is 5.65 Å². The van der Waals surface area contributed by atoms with E-state index in [0.29, 0.717) is 23.3 Å². The van der Waals surface area contributed by atoms with Gasteiger partial charge in [0, 0.05) is 23.7 Å². The van der Waals surface area contributed by atoms with Crippen LogP contribution in [0.1, 0.15) is 31.2 Å². The molecule has 0 radical (unpaired) electrons. The summed E-state index contributed by atoms with van der Waals surface area (Å²) >= 11 is 0. The van der Waals surface area contributed by atoms with E-state index in [9.17, 15) is 13.2 Å². The molecule has 0 amide bonds. The largest absolute Gasteiger partial charge is 0.418 e. The van der Waals surface area contributed by atoms with Gasteiger partial charge in [-0.05, 0) is 49.9 Å². The summed E-state index contributed by atoms with van der Waals surface area (Å²) in [6, 6.07) is 5.62. The number of aromatic amines is 1. The predicted molar refractivity (Wildman–Crippen MR) is 96.7 cm³/mol. The molecule has 0 aliphatic heterocycles. The van der Waals surface area contributed by atoms with E-state index in [-0.39, 0.29) is 23.5 Å². The first-order chi connectivity index (χ1) is 13.5. The first-order valence-corrected chi connectivity index (χ1v) is 8.99. The molecule has 1 aliphatic carbocycles. The third-order valence-electron chi connectivity index (χ3n) is 4.98. The molecule has 2 atom stereocenters. The maximum absolute atomic E-state index is 13.6. The second-order valence-electron chi connectivity index (χ2n) is 6.90. The number of nitrogens with one attached hydrogen (secondary N) is 3. The van der Waals surface area contributed by atoms with E-state index in [2.05, 4.69) is 31.0 Å². The maximum Gasteiger partial charge on any atom is 0.418 e. The fraction of sp³-hybridized carbons (Fsp3) is 0.389. The van der Waals surface area contributed by atoms with Gasteiger partial charge < -0.3 is 10.5 Å². The van der Waals surface area contributed by atoms with Gasteiger partial charge in [0.05, 0.1) is 11.3 Å². The molecule has 0 spiro atoms. The van der Waals surface area contributed by atoms with Gasteiger partial charge in [-0.3, -0.25) is 5.10 Å². The van der Waals surface area contributed by atoms with E-state index < -0.39 is 11.7 Å². The van der Waals surface area contributed by atoms with E-state index in [1.54, 1.807) is 12.1 Å². The first kappa shape index (κ1) is 18.6. The Bertz CT molecular complexity index is 973. The summed E-state index contributed by atoms with van der Waals surface area (Å²) in [6.45, 7) is 0. The van der Waals surface area contributed by atoms with Gasteiger partial charge in [0.2, 0.25) is 0 Å². The average Bonchev–Trinajstić information content (AvgIpc) is 3.11. The Labute approximate surface area is 158 Å². The van der Waals surface area contributed by atoms with Gasteiger partial charge in [0.25, 0.3) is 0 Å². The zero-order chi connectivity index (χ0) is 19.7. The number of pyridine rings is 2. The lowest BCUT2D eigenvalue weighted by Crippen LogP contribution is -2.37. The molecule has 3 aromatic heterocycles. The Hall–Kier alpha value is -2.72. The van der Waals surface area contributed by atoms with Crippen LogP contribution in [0.15, 0.2) is 30.5 Å². The Morgan fingerprint density at radius 3 is 2.75 bits per heavy atom. The first-order valence-electron chi connectivity index (χ1n) is 8.99. The molecule has 7 nitrogen and oxygen atoms in total. The number of hydroxylamine groups is 1. The summed E-state index contributed by atoms with van der Waals surface area (Å²) in [7, 11) is 0. The van der Waals surface area contributed by atoms with Crippen LogP contribution in [0.3, 0.4) is 0 Å². The van der Waals surface area contributed by atoms with E-state index in [0.717, 1.165) is 25.3 Å². The minimum Gasteiger partial charge on any atom is -0.367 e. The molecule has 0 bridgehead atoms. The van der Waals surface area contributed by atoms with Crippen LogP contribution in [0.25, 0.3) is 22.4 Å². The fourth-order valence-corrected chi connectivity index (χ4v) is 3.64. The van der Waals surface area contributed by atoms with Gasteiger partial charge >= 0.3 is 6.18 Å². The molecular weight excluding hydrogens is 373 g/mol. The average molecular weight is 392 g/mol. The minimum atomic E-state index is -4.56. The number of anilines is 1. The molecule has 10 heteroatoms. The number of alkyl halides is 3. The molecule has 2 unspecified atom stereocenters. The lowest BCUT2D eigenvalue weighted by Gasteiger charge is -2.29. The van der Waals surface area contributed by atoms with Crippen molar-refractivity contribution in [2.24, 2.45) is 0 Å². The second kappa shape index (κ2) is 7.36. The third kappa shape index (κ3) is 3.65. The van der Waals surface area contributed by atoms with E-state index >= 15 is 0 Å². The van der Waals surface area contributed by atoms with Gasteiger partial charge in [-0.1, -0.05) is 0 Å². The number of hydrogen-bond donors (Lipinski definition) is 4. The number of fused-ring (bicyclic) bond motifs is 1. The topological polar surface area (TPSA) is 98.8 Å². The summed E-state index contributed by atoms with van der Waals surface area (Å²) in [5.74, 6) is 0.346. The van der Waals surface area contributed by atoms with Crippen molar-refractivity contribution in [2.45, 2.75) is 43.9 Å². The minimum absolute atomic E-state index is 0.00987. The lowest BCUT2D eigenvalue weighted by atomic mass is 9.91. The van der Waals surface area contributed by atoms with Crippen LogP contribution in [-0.2, 0) is 6.18 Å². The summed E-state index contributed by atoms with van der Waals surface area (Å²) in [5, 5.41) is 19.4. The molecule has 1 fully saturated rings. The monoisotopic (exact) mass is 392 g/mol. The molecule has 148 valence electrons. The third-order valence-corrected chi connectivity index (χ3v) is 4.98. The molecule has 3 heterocycles. The number of nitrogens with zero attached hydrogens (tertiary/aromatic N) is 3. The Morgan fingerprint density at radius 1 is 1.14 bits per heavy atom. The zero-order valence-corrected chi connectivity index (χ0v) is 14.8. The maximum atomic E-state index is 13.6.